The third-order valence-electron chi connectivity index (χ3n) is 6.41. The molecule has 0 atom stereocenters. The second-order valence-electron chi connectivity index (χ2n) is 8.15. The van der Waals surface area contributed by atoms with E-state index in [1.165, 1.54) is 24.7 Å². The number of hydrogen-bond donors (Lipinski definition) is 1. The van der Waals surface area contributed by atoms with Crippen LogP contribution in [-0.4, -0.2) is 61.4 Å². The molecule has 6 nitrogen and oxygen atoms in total. The monoisotopic (exact) mass is 412 g/mol. The van der Waals surface area contributed by atoms with Crippen molar-refractivity contribution in [1.82, 2.24) is 15.1 Å². The minimum atomic E-state index is -0.197. The molecule has 0 bridgehead atoms. The van der Waals surface area contributed by atoms with E-state index in [0.29, 0.717) is 18.8 Å². The van der Waals surface area contributed by atoms with Gasteiger partial charge in [-0.1, -0.05) is 25.0 Å². The summed E-state index contributed by atoms with van der Waals surface area (Å²) in [6, 6.07) is 10.4. The van der Waals surface area contributed by atoms with Gasteiger partial charge in [0.1, 0.15) is 5.82 Å². The van der Waals surface area contributed by atoms with Gasteiger partial charge in [0.15, 0.2) is 11.7 Å². The van der Waals surface area contributed by atoms with Gasteiger partial charge in [-0.25, -0.2) is 4.39 Å². The van der Waals surface area contributed by atoms with Crippen molar-refractivity contribution in [1.29, 1.82) is 0 Å². The maximum atomic E-state index is 13.4. The summed E-state index contributed by atoms with van der Waals surface area (Å²) in [4.78, 5) is 21.0. The van der Waals surface area contributed by atoms with E-state index in [1.54, 1.807) is 31.3 Å². The number of benzene rings is 1. The van der Waals surface area contributed by atoms with Gasteiger partial charge in [0.05, 0.1) is 6.26 Å². The van der Waals surface area contributed by atoms with E-state index < -0.39 is 0 Å². The number of hydrogen-bond acceptors (Lipinski definition) is 3. The van der Waals surface area contributed by atoms with Gasteiger partial charge >= 0.3 is 0 Å². The fourth-order valence-corrected chi connectivity index (χ4v) is 4.68. The van der Waals surface area contributed by atoms with Crippen molar-refractivity contribution in [3.8, 4) is 0 Å². The van der Waals surface area contributed by atoms with E-state index in [9.17, 15) is 9.18 Å². The number of carbonyl (C=O) groups is 1. The Hall–Kier alpha value is -2.83. The molecule has 1 aliphatic carbocycles. The van der Waals surface area contributed by atoms with Crippen LogP contribution in [0, 0.1) is 5.82 Å². The molecule has 7 heteroatoms. The van der Waals surface area contributed by atoms with Gasteiger partial charge in [-0.2, -0.15) is 0 Å². The summed E-state index contributed by atoms with van der Waals surface area (Å²) in [7, 11) is 1.79. The molecular weight excluding hydrogens is 383 g/mol. The van der Waals surface area contributed by atoms with Gasteiger partial charge < -0.3 is 19.5 Å². The second kappa shape index (κ2) is 8.90. The van der Waals surface area contributed by atoms with Crippen LogP contribution in [0.5, 0.6) is 0 Å². The molecule has 1 saturated heterocycles. The average molecular weight is 413 g/mol. The lowest BCUT2D eigenvalue weighted by atomic mass is 9.79. The van der Waals surface area contributed by atoms with E-state index >= 15 is 0 Å². The molecule has 1 aromatic heterocycles. The lowest BCUT2D eigenvalue weighted by molar-refractivity contribution is 0.0657. The number of nitrogens with one attached hydrogen (secondary N) is 1. The molecule has 2 aliphatic rings. The van der Waals surface area contributed by atoms with Gasteiger partial charge in [-0.3, -0.25) is 9.79 Å². The number of carbonyl (C=O) groups excluding carboxylic acids is 1. The highest BCUT2D eigenvalue weighted by molar-refractivity contribution is 5.91. The summed E-state index contributed by atoms with van der Waals surface area (Å²) in [5, 5.41) is 3.57. The van der Waals surface area contributed by atoms with Crippen LogP contribution in [0.2, 0.25) is 0 Å². The van der Waals surface area contributed by atoms with Crippen LogP contribution in [0.4, 0.5) is 4.39 Å². The summed E-state index contributed by atoms with van der Waals surface area (Å²) in [5.74, 6) is 0.975. The molecule has 160 valence electrons. The van der Waals surface area contributed by atoms with Crippen LogP contribution in [0.1, 0.15) is 41.8 Å². The van der Waals surface area contributed by atoms with Crippen molar-refractivity contribution in [3.63, 3.8) is 0 Å². The minimum absolute atomic E-state index is 0.0146. The lowest BCUT2D eigenvalue weighted by Gasteiger charge is -2.38. The van der Waals surface area contributed by atoms with Crippen molar-refractivity contribution in [2.75, 3.05) is 39.8 Å². The smallest absolute Gasteiger partial charge is 0.289 e. The number of furan rings is 1. The quantitative estimate of drug-likeness (QED) is 0.619. The summed E-state index contributed by atoms with van der Waals surface area (Å²) in [5.41, 5.74) is 1.21. The Morgan fingerprint density at radius 3 is 2.37 bits per heavy atom. The van der Waals surface area contributed by atoms with Crippen molar-refractivity contribution in [3.05, 3.63) is 59.8 Å². The third-order valence-corrected chi connectivity index (χ3v) is 6.41. The maximum Gasteiger partial charge on any atom is 0.289 e. The van der Waals surface area contributed by atoms with E-state index in [0.717, 1.165) is 38.4 Å². The molecule has 4 rings (SSSR count). The summed E-state index contributed by atoms with van der Waals surface area (Å²) in [6.45, 7) is 3.47. The Morgan fingerprint density at radius 2 is 1.77 bits per heavy atom. The highest BCUT2D eigenvalue weighted by Gasteiger charge is 2.36. The van der Waals surface area contributed by atoms with Crippen molar-refractivity contribution < 1.29 is 13.6 Å². The maximum absolute atomic E-state index is 13.4. The van der Waals surface area contributed by atoms with E-state index in [1.807, 2.05) is 17.0 Å². The standard InChI is InChI=1S/C23H29FN4O2/c1-25-22(28-14-12-27(13-15-28)21(29)20-5-4-16-30-20)26-17-23(10-2-3-11-23)18-6-8-19(24)9-7-18/h4-9,16H,2-3,10-15,17H2,1H3,(H,25,26). The summed E-state index contributed by atoms with van der Waals surface area (Å²) < 4.78 is 18.6. The molecule has 1 saturated carbocycles. The highest BCUT2D eigenvalue weighted by atomic mass is 19.1. The molecule has 2 aromatic rings. The summed E-state index contributed by atoms with van der Waals surface area (Å²) >= 11 is 0. The first kappa shape index (κ1) is 20.4. The van der Waals surface area contributed by atoms with Gasteiger partial charge in [0, 0.05) is 45.2 Å². The van der Waals surface area contributed by atoms with E-state index in [-0.39, 0.29) is 17.1 Å². The number of nitrogens with zero attached hydrogens (tertiary/aromatic N) is 3. The largest absolute Gasteiger partial charge is 0.459 e. The van der Waals surface area contributed by atoms with Crippen LogP contribution in [0.3, 0.4) is 0 Å². The molecule has 1 aromatic carbocycles. The fourth-order valence-electron chi connectivity index (χ4n) is 4.68. The molecule has 2 heterocycles. The third kappa shape index (κ3) is 4.20. The number of rotatable bonds is 4. The van der Waals surface area contributed by atoms with Crippen LogP contribution in [-0.2, 0) is 5.41 Å². The van der Waals surface area contributed by atoms with E-state index in [2.05, 4.69) is 15.2 Å². The first-order valence-electron chi connectivity index (χ1n) is 10.7. The molecule has 2 fully saturated rings. The molecular formula is C23H29FN4O2. The Labute approximate surface area is 176 Å². The van der Waals surface area contributed by atoms with Crippen molar-refractivity contribution >= 4 is 11.9 Å². The van der Waals surface area contributed by atoms with Gasteiger partial charge in [-0.15, -0.1) is 0 Å². The number of aliphatic imine (C=N–C) groups is 1. The molecule has 0 radical (unpaired) electrons. The molecule has 30 heavy (non-hydrogen) atoms. The zero-order valence-corrected chi connectivity index (χ0v) is 17.4. The zero-order chi connectivity index (χ0) is 21.0. The fraction of sp³-hybridized carbons (Fsp3) is 0.478. The zero-order valence-electron chi connectivity index (χ0n) is 17.4. The molecule has 0 spiro atoms. The first-order valence-corrected chi connectivity index (χ1v) is 10.7. The second-order valence-corrected chi connectivity index (χ2v) is 8.15. The molecule has 1 N–H and O–H groups in total. The Kier molecular flexibility index (Phi) is 6.06. The average Bonchev–Trinajstić information content (AvgIpc) is 3.48. The molecule has 1 amide bonds. The van der Waals surface area contributed by atoms with Crippen LogP contribution in [0.15, 0.2) is 52.1 Å². The van der Waals surface area contributed by atoms with Gasteiger partial charge in [0.2, 0.25) is 0 Å². The molecule has 0 unspecified atom stereocenters. The van der Waals surface area contributed by atoms with Crippen molar-refractivity contribution in [2.24, 2.45) is 4.99 Å². The summed E-state index contributed by atoms with van der Waals surface area (Å²) in [6.07, 6.45) is 6.08. The number of amides is 1. The predicted molar refractivity (Wildman–Crippen MR) is 114 cm³/mol. The highest BCUT2D eigenvalue weighted by Crippen LogP contribution is 2.40. The minimum Gasteiger partial charge on any atom is -0.459 e. The van der Waals surface area contributed by atoms with Crippen LogP contribution >= 0.6 is 0 Å². The number of piperazine rings is 1. The van der Waals surface area contributed by atoms with Gasteiger partial charge in [0.25, 0.3) is 5.91 Å². The van der Waals surface area contributed by atoms with Gasteiger partial charge in [-0.05, 0) is 42.7 Å². The lowest BCUT2D eigenvalue weighted by Crippen LogP contribution is -2.55. The van der Waals surface area contributed by atoms with Crippen LogP contribution in [0.25, 0.3) is 0 Å². The predicted octanol–water partition coefficient (Wildman–Crippen LogP) is 3.26. The topological polar surface area (TPSA) is 61.1 Å². The normalized spacial score (nSPS) is 19.2. The van der Waals surface area contributed by atoms with Crippen molar-refractivity contribution in [2.45, 2.75) is 31.1 Å². The van der Waals surface area contributed by atoms with E-state index in [4.69, 9.17) is 4.42 Å². The SMILES string of the molecule is CN=C(NCC1(c2ccc(F)cc2)CCCC1)N1CCN(C(=O)c2ccco2)CC1. The first-order chi connectivity index (χ1) is 14.6. The Balaban J connectivity index is 1.37. The van der Waals surface area contributed by atoms with Crippen LogP contribution < -0.4 is 5.32 Å². The Morgan fingerprint density at radius 1 is 1.10 bits per heavy atom. The molecule has 1 aliphatic heterocycles. The number of guanidine groups is 1. The number of halogens is 1. The Bertz CT molecular complexity index is 865.